The SMILES string of the molecule is CC(C)(CN1CCCCC1)C(=O)C=Cc1ccc(Br)cc1. The van der Waals surface area contributed by atoms with Crippen LogP contribution in [0, 0.1) is 5.41 Å². The van der Waals surface area contributed by atoms with E-state index in [4.69, 9.17) is 0 Å². The molecule has 114 valence electrons. The first-order valence-corrected chi connectivity index (χ1v) is 8.47. The zero-order chi connectivity index (χ0) is 15.3. The van der Waals surface area contributed by atoms with Crippen molar-refractivity contribution in [2.75, 3.05) is 19.6 Å². The summed E-state index contributed by atoms with van der Waals surface area (Å²) in [6.07, 6.45) is 7.49. The van der Waals surface area contributed by atoms with Crippen molar-refractivity contribution in [2.45, 2.75) is 33.1 Å². The Bertz CT molecular complexity index is 498. The Kier molecular flexibility index (Phi) is 5.77. The number of hydrogen-bond acceptors (Lipinski definition) is 2. The van der Waals surface area contributed by atoms with E-state index in [1.807, 2.05) is 30.3 Å². The van der Waals surface area contributed by atoms with Crippen LogP contribution in [0.5, 0.6) is 0 Å². The third-order valence-electron chi connectivity index (χ3n) is 4.03. The van der Waals surface area contributed by atoms with Gasteiger partial charge in [0.15, 0.2) is 5.78 Å². The molecule has 1 heterocycles. The van der Waals surface area contributed by atoms with E-state index in [1.54, 1.807) is 6.08 Å². The molecule has 0 aliphatic carbocycles. The minimum Gasteiger partial charge on any atom is -0.302 e. The average molecular weight is 350 g/mol. The lowest BCUT2D eigenvalue weighted by Crippen LogP contribution is -2.41. The summed E-state index contributed by atoms with van der Waals surface area (Å²) in [5.41, 5.74) is 0.740. The molecule has 1 saturated heterocycles. The second kappa shape index (κ2) is 7.37. The molecule has 3 heteroatoms. The number of halogens is 1. The minimum absolute atomic E-state index is 0.205. The van der Waals surface area contributed by atoms with Gasteiger partial charge in [-0.05, 0) is 49.7 Å². The third-order valence-corrected chi connectivity index (χ3v) is 4.56. The lowest BCUT2D eigenvalue weighted by atomic mass is 9.86. The van der Waals surface area contributed by atoms with Gasteiger partial charge in [-0.15, -0.1) is 0 Å². The van der Waals surface area contributed by atoms with Crippen LogP contribution < -0.4 is 0 Å². The molecule has 0 spiro atoms. The fourth-order valence-corrected chi connectivity index (χ4v) is 2.99. The van der Waals surface area contributed by atoms with Crippen LogP contribution >= 0.6 is 15.9 Å². The Hall–Kier alpha value is -0.930. The zero-order valence-electron chi connectivity index (χ0n) is 12.9. The molecule has 2 rings (SSSR count). The number of nitrogens with zero attached hydrogens (tertiary/aromatic N) is 1. The van der Waals surface area contributed by atoms with Crippen molar-refractivity contribution in [3.8, 4) is 0 Å². The van der Waals surface area contributed by atoms with Gasteiger partial charge in [0.25, 0.3) is 0 Å². The monoisotopic (exact) mass is 349 g/mol. The van der Waals surface area contributed by atoms with E-state index in [1.165, 1.54) is 19.3 Å². The number of ketones is 1. The molecule has 1 aromatic carbocycles. The summed E-state index contributed by atoms with van der Waals surface area (Å²) in [7, 11) is 0. The molecule has 0 bridgehead atoms. The first-order valence-electron chi connectivity index (χ1n) is 7.68. The predicted molar refractivity (Wildman–Crippen MR) is 92.3 cm³/mol. The van der Waals surface area contributed by atoms with Crippen LogP contribution in [-0.2, 0) is 4.79 Å². The Morgan fingerprint density at radius 1 is 1.19 bits per heavy atom. The quantitative estimate of drug-likeness (QED) is 0.727. The number of hydrogen-bond donors (Lipinski definition) is 0. The first kappa shape index (κ1) is 16.4. The van der Waals surface area contributed by atoms with E-state index in [0.717, 1.165) is 29.7 Å². The molecule has 0 aromatic heterocycles. The number of carbonyl (C=O) groups excluding carboxylic acids is 1. The highest BCUT2D eigenvalue weighted by Crippen LogP contribution is 2.22. The van der Waals surface area contributed by atoms with E-state index >= 15 is 0 Å². The Morgan fingerprint density at radius 3 is 2.43 bits per heavy atom. The van der Waals surface area contributed by atoms with E-state index in [2.05, 4.69) is 34.7 Å². The van der Waals surface area contributed by atoms with Crippen molar-refractivity contribution in [3.63, 3.8) is 0 Å². The molecule has 0 atom stereocenters. The largest absolute Gasteiger partial charge is 0.302 e. The number of carbonyl (C=O) groups is 1. The van der Waals surface area contributed by atoms with Crippen LogP contribution in [0.1, 0.15) is 38.7 Å². The Labute approximate surface area is 136 Å². The van der Waals surface area contributed by atoms with Crippen molar-refractivity contribution in [1.29, 1.82) is 0 Å². The van der Waals surface area contributed by atoms with Gasteiger partial charge in [0.05, 0.1) is 0 Å². The summed E-state index contributed by atoms with van der Waals surface area (Å²) in [5, 5.41) is 0. The lowest BCUT2D eigenvalue weighted by Gasteiger charge is -2.33. The molecule has 0 amide bonds. The number of piperidine rings is 1. The number of allylic oxidation sites excluding steroid dienone is 1. The van der Waals surface area contributed by atoms with E-state index < -0.39 is 0 Å². The average Bonchev–Trinajstić information content (AvgIpc) is 2.47. The molecular weight excluding hydrogens is 326 g/mol. The highest BCUT2D eigenvalue weighted by molar-refractivity contribution is 9.10. The van der Waals surface area contributed by atoms with Gasteiger partial charge in [-0.25, -0.2) is 0 Å². The van der Waals surface area contributed by atoms with Crippen molar-refractivity contribution in [2.24, 2.45) is 5.41 Å². The molecule has 0 unspecified atom stereocenters. The maximum atomic E-state index is 12.5. The summed E-state index contributed by atoms with van der Waals surface area (Å²) in [4.78, 5) is 14.9. The van der Waals surface area contributed by atoms with Crippen molar-refractivity contribution < 1.29 is 4.79 Å². The highest BCUT2D eigenvalue weighted by atomic mass is 79.9. The third kappa shape index (κ3) is 5.08. The molecular formula is C18H24BrNO. The fraction of sp³-hybridized carbons (Fsp3) is 0.500. The predicted octanol–water partition coefficient (Wildman–Crippen LogP) is 4.54. The molecule has 1 aliphatic heterocycles. The summed E-state index contributed by atoms with van der Waals surface area (Å²) in [5.74, 6) is 0.205. The van der Waals surface area contributed by atoms with Crippen LogP contribution in [-0.4, -0.2) is 30.3 Å². The molecule has 1 aromatic rings. The molecule has 1 fully saturated rings. The van der Waals surface area contributed by atoms with Crippen molar-refractivity contribution >= 4 is 27.8 Å². The number of benzene rings is 1. The van der Waals surface area contributed by atoms with Crippen molar-refractivity contribution in [1.82, 2.24) is 4.90 Å². The Balaban J connectivity index is 1.95. The summed E-state index contributed by atoms with van der Waals surface area (Å²) >= 11 is 3.42. The highest BCUT2D eigenvalue weighted by Gasteiger charge is 2.28. The van der Waals surface area contributed by atoms with E-state index in [-0.39, 0.29) is 11.2 Å². The maximum absolute atomic E-state index is 12.5. The molecule has 1 aliphatic rings. The molecule has 2 nitrogen and oxygen atoms in total. The van der Waals surface area contributed by atoms with E-state index in [9.17, 15) is 4.79 Å². The summed E-state index contributed by atoms with van der Waals surface area (Å²) < 4.78 is 1.05. The first-order chi connectivity index (χ1) is 9.97. The second-order valence-electron chi connectivity index (χ2n) is 6.47. The zero-order valence-corrected chi connectivity index (χ0v) is 14.5. The fourth-order valence-electron chi connectivity index (χ4n) is 2.73. The molecule has 0 saturated carbocycles. The lowest BCUT2D eigenvalue weighted by molar-refractivity contribution is -0.123. The van der Waals surface area contributed by atoms with Crippen LogP contribution in [0.15, 0.2) is 34.8 Å². The maximum Gasteiger partial charge on any atom is 0.162 e. The molecule has 0 N–H and O–H groups in total. The smallest absolute Gasteiger partial charge is 0.162 e. The van der Waals surface area contributed by atoms with Crippen LogP contribution in [0.3, 0.4) is 0 Å². The standard InChI is InChI=1S/C18H24BrNO/c1-18(2,14-20-12-4-3-5-13-20)17(21)11-8-15-6-9-16(19)10-7-15/h6-11H,3-5,12-14H2,1-2H3. The second-order valence-corrected chi connectivity index (χ2v) is 7.39. The van der Waals surface area contributed by atoms with Gasteiger partial charge < -0.3 is 4.90 Å². The van der Waals surface area contributed by atoms with Gasteiger partial charge in [-0.1, -0.05) is 54.4 Å². The minimum atomic E-state index is -0.316. The molecule has 21 heavy (non-hydrogen) atoms. The summed E-state index contributed by atoms with van der Waals surface area (Å²) in [6.45, 7) is 7.22. The van der Waals surface area contributed by atoms with Crippen molar-refractivity contribution in [3.05, 3.63) is 40.4 Å². The topological polar surface area (TPSA) is 20.3 Å². The van der Waals surface area contributed by atoms with Gasteiger partial charge in [0.1, 0.15) is 0 Å². The van der Waals surface area contributed by atoms with Gasteiger partial charge in [-0.2, -0.15) is 0 Å². The van der Waals surface area contributed by atoms with E-state index in [0.29, 0.717) is 0 Å². The van der Waals surface area contributed by atoms with Gasteiger partial charge in [0.2, 0.25) is 0 Å². The van der Waals surface area contributed by atoms with Gasteiger partial charge in [0, 0.05) is 16.4 Å². The normalized spacial score (nSPS) is 17.3. The van der Waals surface area contributed by atoms with Crippen LogP contribution in [0.25, 0.3) is 6.08 Å². The number of rotatable bonds is 5. The van der Waals surface area contributed by atoms with Crippen LogP contribution in [0.2, 0.25) is 0 Å². The van der Waals surface area contributed by atoms with Gasteiger partial charge in [-0.3, -0.25) is 4.79 Å². The Morgan fingerprint density at radius 2 is 1.81 bits per heavy atom. The number of likely N-dealkylation sites (tertiary alicyclic amines) is 1. The molecule has 0 radical (unpaired) electrons. The van der Waals surface area contributed by atoms with Crippen LogP contribution in [0.4, 0.5) is 0 Å². The van der Waals surface area contributed by atoms with Gasteiger partial charge >= 0.3 is 0 Å². The summed E-state index contributed by atoms with van der Waals surface area (Å²) in [6, 6.07) is 7.99.